The van der Waals surface area contributed by atoms with Gasteiger partial charge in [-0.2, -0.15) is 5.10 Å². The van der Waals surface area contributed by atoms with Gasteiger partial charge in [0.15, 0.2) is 11.9 Å². The monoisotopic (exact) mass is 315 g/mol. The number of phenols is 1. The Morgan fingerprint density at radius 3 is 2.57 bits per heavy atom. The van der Waals surface area contributed by atoms with Crippen molar-refractivity contribution in [2.75, 3.05) is 0 Å². The van der Waals surface area contributed by atoms with Gasteiger partial charge >= 0.3 is 5.69 Å². The summed E-state index contributed by atoms with van der Waals surface area (Å²) in [4.78, 5) is 21.6. The number of benzene rings is 2. The Labute approximate surface area is 130 Å². The molecular weight excluding hydrogens is 302 g/mol. The van der Waals surface area contributed by atoms with E-state index >= 15 is 0 Å². The molecule has 23 heavy (non-hydrogen) atoms. The zero-order chi connectivity index (χ0) is 16.8. The topological polar surface area (TPSA) is 125 Å². The summed E-state index contributed by atoms with van der Waals surface area (Å²) >= 11 is 0. The quantitative estimate of drug-likeness (QED) is 0.438. The Balaban J connectivity index is 2.00. The zero-order valence-corrected chi connectivity index (χ0v) is 11.8. The van der Waals surface area contributed by atoms with Crippen LogP contribution in [0.25, 0.3) is 0 Å². The lowest BCUT2D eigenvalue weighted by molar-refractivity contribution is -0.385. The molecule has 0 spiro atoms. The van der Waals surface area contributed by atoms with Gasteiger partial charge in [-0.3, -0.25) is 14.9 Å². The van der Waals surface area contributed by atoms with E-state index in [0.29, 0.717) is 11.1 Å². The van der Waals surface area contributed by atoms with Crippen LogP contribution in [0.1, 0.15) is 17.2 Å². The smallest absolute Gasteiger partial charge is 0.310 e. The van der Waals surface area contributed by atoms with Crippen LogP contribution in [0.5, 0.6) is 5.75 Å². The number of phenolic OH excluding ortho intramolecular Hbond substituents is 1. The van der Waals surface area contributed by atoms with Crippen molar-refractivity contribution < 1.29 is 19.9 Å². The number of nitro benzene ring substituents is 1. The first kappa shape index (κ1) is 16.1. The van der Waals surface area contributed by atoms with E-state index in [4.69, 9.17) is 0 Å². The number of amides is 1. The summed E-state index contributed by atoms with van der Waals surface area (Å²) in [6.45, 7) is 0. The van der Waals surface area contributed by atoms with Gasteiger partial charge in [-0.05, 0) is 23.3 Å². The molecule has 1 atom stereocenters. The van der Waals surface area contributed by atoms with Gasteiger partial charge in [-0.25, -0.2) is 5.43 Å². The number of aromatic hydroxyl groups is 1. The maximum Gasteiger partial charge on any atom is 0.310 e. The first-order valence-electron chi connectivity index (χ1n) is 6.52. The molecule has 0 bridgehead atoms. The Bertz CT molecular complexity index is 746. The van der Waals surface area contributed by atoms with E-state index in [0.717, 1.165) is 12.1 Å². The van der Waals surface area contributed by atoms with E-state index in [9.17, 15) is 25.1 Å². The first-order chi connectivity index (χ1) is 11.0. The SMILES string of the molecule is O=C(N/N=C\c1ccc([N+](=O)[O-])c(O)c1)[C@@H](O)c1ccccc1. The van der Waals surface area contributed by atoms with Crippen LogP contribution < -0.4 is 5.43 Å². The molecule has 0 aliphatic rings. The van der Waals surface area contributed by atoms with E-state index in [1.807, 2.05) is 0 Å². The number of carbonyl (C=O) groups is 1. The van der Waals surface area contributed by atoms with E-state index in [2.05, 4.69) is 10.5 Å². The first-order valence-corrected chi connectivity index (χ1v) is 6.52. The third-order valence-corrected chi connectivity index (χ3v) is 2.95. The number of hydrogen-bond donors (Lipinski definition) is 3. The van der Waals surface area contributed by atoms with E-state index in [1.54, 1.807) is 30.3 Å². The fraction of sp³-hybridized carbons (Fsp3) is 0.0667. The maximum absolute atomic E-state index is 11.7. The predicted molar refractivity (Wildman–Crippen MR) is 81.9 cm³/mol. The molecule has 2 aromatic carbocycles. The van der Waals surface area contributed by atoms with Crippen LogP contribution in [0.3, 0.4) is 0 Å². The molecule has 1 amide bonds. The van der Waals surface area contributed by atoms with Gasteiger partial charge in [-0.15, -0.1) is 0 Å². The third kappa shape index (κ3) is 4.11. The molecule has 8 nitrogen and oxygen atoms in total. The zero-order valence-electron chi connectivity index (χ0n) is 11.8. The van der Waals surface area contributed by atoms with Crippen LogP contribution in [-0.4, -0.2) is 27.3 Å². The predicted octanol–water partition coefficient (Wildman–Crippen LogP) is 1.48. The highest BCUT2D eigenvalue weighted by Gasteiger charge is 2.16. The minimum atomic E-state index is -1.36. The number of aliphatic hydroxyl groups is 1. The van der Waals surface area contributed by atoms with Crippen molar-refractivity contribution in [3.05, 3.63) is 69.8 Å². The van der Waals surface area contributed by atoms with E-state index < -0.39 is 28.4 Å². The number of carbonyl (C=O) groups excluding carboxylic acids is 1. The Hall–Kier alpha value is -3.26. The molecule has 2 aromatic rings. The molecule has 0 aliphatic heterocycles. The van der Waals surface area contributed by atoms with Crippen molar-refractivity contribution in [3.63, 3.8) is 0 Å². The highest BCUT2D eigenvalue weighted by atomic mass is 16.6. The van der Waals surface area contributed by atoms with Crippen molar-refractivity contribution in [2.45, 2.75) is 6.10 Å². The Kier molecular flexibility index (Phi) is 5.00. The van der Waals surface area contributed by atoms with Crippen molar-refractivity contribution in [1.29, 1.82) is 0 Å². The molecule has 0 heterocycles. The fourth-order valence-corrected chi connectivity index (χ4v) is 1.79. The standard InChI is InChI=1S/C15H13N3O5/c19-13-8-10(6-7-12(13)18(22)23)9-16-17-15(21)14(20)11-4-2-1-3-5-11/h1-9,14,19-20H,(H,17,21)/b16-9-/t14-/m0/s1. The lowest BCUT2D eigenvalue weighted by Crippen LogP contribution is -2.25. The highest BCUT2D eigenvalue weighted by molar-refractivity contribution is 5.85. The molecule has 0 fully saturated rings. The second-order valence-corrected chi connectivity index (χ2v) is 4.55. The number of nitrogens with one attached hydrogen (secondary N) is 1. The summed E-state index contributed by atoms with van der Waals surface area (Å²) in [6.07, 6.45) is -0.169. The maximum atomic E-state index is 11.7. The van der Waals surface area contributed by atoms with Crippen molar-refractivity contribution >= 4 is 17.8 Å². The molecule has 0 unspecified atom stereocenters. The average molecular weight is 315 g/mol. The van der Waals surface area contributed by atoms with Crippen molar-refractivity contribution in [3.8, 4) is 5.75 Å². The molecule has 0 saturated carbocycles. The van der Waals surface area contributed by atoms with Crippen molar-refractivity contribution in [1.82, 2.24) is 5.43 Å². The summed E-state index contributed by atoms with van der Waals surface area (Å²) < 4.78 is 0. The minimum absolute atomic E-state index is 0.350. The molecule has 2 rings (SSSR count). The van der Waals surface area contributed by atoms with Crippen LogP contribution >= 0.6 is 0 Å². The molecular formula is C15H13N3O5. The van der Waals surface area contributed by atoms with Crippen LogP contribution in [0.2, 0.25) is 0 Å². The molecule has 0 aromatic heterocycles. The summed E-state index contributed by atoms with van der Waals surface area (Å²) in [5, 5.41) is 33.5. The summed E-state index contributed by atoms with van der Waals surface area (Å²) in [7, 11) is 0. The Morgan fingerprint density at radius 2 is 1.96 bits per heavy atom. The van der Waals surface area contributed by atoms with Gasteiger partial charge in [0.1, 0.15) is 0 Å². The normalized spacial score (nSPS) is 12.0. The van der Waals surface area contributed by atoms with Crippen molar-refractivity contribution in [2.24, 2.45) is 5.10 Å². The number of aliphatic hydroxyl groups excluding tert-OH is 1. The molecule has 0 saturated heterocycles. The number of rotatable bonds is 5. The van der Waals surface area contributed by atoms with Gasteiger partial charge in [-0.1, -0.05) is 30.3 Å². The second kappa shape index (κ2) is 7.14. The summed E-state index contributed by atoms with van der Waals surface area (Å²) in [6, 6.07) is 12.0. The summed E-state index contributed by atoms with van der Waals surface area (Å²) in [5.41, 5.74) is 2.50. The number of hydrazone groups is 1. The summed E-state index contributed by atoms with van der Waals surface area (Å²) in [5.74, 6) is -1.23. The van der Waals surface area contributed by atoms with Crippen LogP contribution in [0.15, 0.2) is 53.6 Å². The third-order valence-electron chi connectivity index (χ3n) is 2.95. The highest BCUT2D eigenvalue weighted by Crippen LogP contribution is 2.25. The molecule has 8 heteroatoms. The molecule has 0 radical (unpaired) electrons. The van der Waals surface area contributed by atoms with Gasteiger partial charge < -0.3 is 10.2 Å². The Morgan fingerprint density at radius 1 is 1.26 bits per heavy atom. The van der Waals surface area contributed by atoms with Gasteiger partial charge in [0.2, 0.25) is 0 Å². The van der Waals surface area contributed by atoms with Crippen LogP contribution in [0.4, 0.5) is 5.69 Å². The van der Waals surface area contributed by atoms with Crippen LogP contribution in [0, 0.1) is 10.1 Å². The minimum Gasteiger partial charge on any atom is -0.502 e. The van der Waals surface area contributed by atoms with Gasteiger partial charge in [0.25, 0.3) is 5.91 Å². The molecule has 0 aliphatic carbocycles. The average Bonchev–Trinajstić information content (AvgIpc) is 2.54. The van der Waals surface area contributed by atoms with Gasteiger partial charge in [0, 0.05) is 6.07 Å². The second-order valence-electron chi connectivity index (χ2n) is 4.55. The van der Waals surface area contributed by atoms with E-state index in [-0.39, 0.29) is 0 Å². The molecule has 3 N–H and O–H groups in total. The van der Waals surface area contributed by atoms with Gasteiger partial charge in [0.05, 0.1) is 11.1 Å². The lowest BCUT2D eigenvalue weighted by atomic mass is 10.1. The number of nitro groups is 1. The number of hydrogen-bond acceptors (Lipinski definition) is 6. The fourth-order valence-electron chi connectivity index (χ4n) is 1.79. The number of nitrogens with zero attached hydrogens (tertiary/aromatic N) is 2. The molecule has 118 valence electrons. The largest absolute Gasteiger partial charge is 0.502 e. The lowest BCUT2D eigenvalue weighted by Gasteiger charge is -2.08. The van der Waals surface area contributed by atoms with E-state index in [1.165, 1.54) is 12.3 Å². The van der Waals surface area contributed by atoms with Crippen LogP contribution in [-0.2, 0) is 4.79 Å².